The van der Waals surface area contributed by atoms with Crippen molar-refractivity contribution in [3.63, 3.8) is 0 Å². The predicted octanol–water partition coefficient (Wildman–Crippen LogP) is 1.76. The van der Waals surface area contributed by atoms with Crippen LogP contribution in [0, 0.1) is 0 Å². The Bertz CT molecular complexity index is 98.7. The zero-order valence-corrected chi connectivity index (χ0v) is 5.61. The van der Waals surface area contributed by atoms with Gasteiger partial charge in [-0.15, -0.1) is 18.2 Å². The molecule has 0 aliphatic rings. The molecule has 8 heavy (non-hydrogen) atoms. The summed E-state index contributed by atoms with van der Waals surface area (Å²) in [6, 6.07) is 0. The van der Waals surface area contributed by atoms with E-state index in [1.807, 2.05) is 0 Å². The van der Waals surface area contributed by atoms with Crippen LogP contribution in [0.2, 0.25) is 0 Å². The van der Waals surface area contributed by atoms with E-state index >= 15 is 0 Å². The predicted molar refractivity (Wildman–Crippen MR) is 35.1 cm³/mol. The molecule has 0 amide bonds. The molecule has 0 aromatic carbocycles. The van der Waals surface area contributed by atoms with Gasteiger partial charge in [0.25, 0.3) is 0 Å². The van der Waals surface area contributed by atoms with E-state index < -0.39 is 5.38 Å². The van der Waals surface area contributed by atoms with Crippen LogP contribution in [-0.4, -0.2) is 11.2 Å². The number of rotatable bonds is 3. The minimum atomic E-state index is -0.486. The van der Waals surface area contributed by atoms with Gasteiger partial charge >= 0.3 is 0 Å². The Morgan fingerprint density at radius 3 is 2.62 bits per heavy atom. The van der Waals surface area contributed by atoms with Gasteiger partial charge < -0.3 is 0 Å². The first kappa shape index (κ1) is 7.70. The number of Topliss-reactive ketones (excluding diaryl/α,β-unsaturated/α-hetero) is 1. The van der Waals surface area contributed by atoms with Gasteiger partial charge in [-0.05, 0) is 0 Å². The Labute approximate surface area is 54.3 Å². The average molecular weight is 133 g/mol. The minimum absolute atomic E-state index is 0.0293. The van der Waals surface area contributed by atoms with Gasteiger partial charge in [-0.25, -0.2) is 0 Å². The minimum Gasteiger partial charge on any atom is -0.298 e. The number of carbonyl (C=O) groups is 1. The summed E-state index contributed by atoms with van der Waals surface area (Å²) in [4.78, 5) is 10.5. The van der Waals surface area contributed by atoms with Crippen molar-refractivity contribution in [1.29, 1.82) is 0 Å². The first-order chi connectivity index (χ1) is 3.72. The molecular formula is C6H9ClO. The van der Waals surface area contributed by atoms with Crippen molar-refractivity contribution in [3.8, 4) is 0 Å². The maximum absolute atomic E-state index is 10.5. The zero-order valence-electron chi connectivity index (χ0n) is 4.86. The topological polar surface area (TPSA) is 17.1 Å². The summed E-state index contributed by atoms with van der Waals surface area (Å²) in [6.45, 7) is 5.16. The van der Waals surface area contributed by atoms with E-state index in [0.717, 1.165) is 0 Å². The van der Waals surface area contributed by atoms with Crippen molar-refractivity contribution in [2.45, 2.75) is 18.7 Å². The average Bonchev–Trinajstić information content (AvgIpc) is 1.84. The lowest BCUT2D eigenvalue weighted by Crippen LogP contribution is -2.08. The van der Waals surface area contributed by atoms with Gasteiger partial charge in [0.2, 0.25) is 0 Å². The van der Waals surface area contributed by atoms with E-state index in [1.54, 1.807) is 6.92 Å². The van der Waals surface area contributed by atoms with Gasteiger partial charge in [-0.3, -0.25) is 4.79 Å². The lowest BCUT2D eigenvalue weighted by atomic mass is 10.2. The maximum Gasteiger partial charge on any atom is 0.154 e. The fourth-order valence-electron chi connectivity index (χ4n) is 0.326. The molecule has 0 fully saturated rings. The van der Waals surface area contributed by atoms with Crippen LogP contribution >= 0.6 is 11.6 Å². The summed E-state index contributed by atoms with van der Waals surface area (Å²) < 4.78 is 0. The van der Waals surface area contributed by atoms with Crippen molar-refractivity contribution >= 4 is 17.4 Å². The molecule has 1 nitrogen and oxygen atoms in total. The molecule has 0 N–H and O–H groups in total. The molecule has 0 heterocycles. The van der Waals surface area contributed by atoms with E-state index in [0.29, 0.717) is 6.42 Å². The highest BCUT2D eigenvalue weighted by Gasteiger charge is 2.06. The number of alkyl halides is 1. The fraction of sp³-hybridized carbons (Fsp3) is 0.500. The molecule has 0 saturated heterocycles. The molecule has 0 bridgehead atoms. The number of ketones is 1. The SMILES string of the molecule is C=CC(Cl)C(=O)CC. The quantitative estimate of drug-likeness (QED) is 0.423. The first-order valence-corrected chi connectivity index (χ1v) is 2.95. The molecule has 0 aliphatic carbocycles. The van der Waals surface area contributed by atoms with E-state index in [4.69, 9.17) is 11.6 Å². The molecule has 0 spiro atoms. The van der Waals surface area contributed by atoms with Crippen LogP contribution in [0.1, 0.15) is 13.3 Å². The van der Waals surface area contributed by atoms with Crippen LogP contribution in [0.5, 0.6) is 0 Å². The summed E-state index contributed by atoms with van der Waals surface area (Å²) in [5.74, 6) is 0.0293. The second kappa shape index (κ2) is 3.67. The third-order valence-corrected chi connectivity index (χ3v) is 1.28. The molecule has 0 aromatic rings. The zero-order chi connectivity index (χ0) is 6.57. The number of hydrogen-bond acceptors (Lipinski definition) is 1. The standard InChI is InChI=1S/C6H9ClO/c1-3-5(7)6(8)4-2/h3,5H,1,4H2,2H3. The van der Waals surface area contributed by atoms with Gasteiger partial charge in [0, 0.05) is 6.42 Å². The van der Waals surface area contributed by atoms with Crippen molar-refractivity contribution in [3.05, 3.63) is 12.7 Å². The van der Waals surface area contributed by atoms with Gasteiger partial charge in [0.15, 0.2) is 5.78 Å². The Hall–Kier alpha value is -0.300. The van der Waals surface area contributed by atoms with Crippen molar-refractivity contribution in [1.82, 2.24) is 0 Å². The molecule has 1 unspecified atom stereocenters. The molecule has 0 saturated carbocycles. The Morgan fingerprint density at radius 2 is 2.50 bits per heavy atom. The molecular weight excluding hydrogens is 124 g/mol. The van der Waals surface area contributed by atoms with Crippen LogP contribution in [0.15, 0.2) is 12.7 Å². The molecule has 2 heteroatoms. The fourth-order valence-corrected chi connectivity index (χ4v) is 0.481. The van der Waals surface area contributed by atoms with Gasteiger partial charge in [0.1, 0.15) is 5.38 Å². The first-order valence-electron chi connectivity index (χ1n) is 2.51. The second-order valence-electron chi connectivity index (χ2n) is 1.46. The normalized spacial score (nSPS) is 12.8. The van der Waals surface area contributed by atoms with Crippen LogP contribution in [0.3, 0.4) is 0 Å². The number of carbonyl (C=O) groups excluding carboxylic acids is 1. The number of halogens is 1. The van der Waals surface area contributed by atoms with Crippen molar-refractivity contribution in [2.24, 2.45) is 0 Å². The third-order valence-electron chi connectivity index (χ3n) is 0.863. The van der Waals surface area contributed by atoms with Crippen molar-refractivity contribution < 1.29 is 4.79 Å². The van der Waals surface area contributed by atoms with Crippen molar-refractivity contribution in [2.75, 3.05) is 0 Å². The second-order valence-corrected chi connectivity index (χ2v) is 1.93. The summed E-state index contributed by atoms with van der Waals surface area (Å²) >= 11 is 5.45. The highest BCUT2D eigenvalue weighted by atomic mass is 35.5. The van der Waals surface area contributed by atoms with E-state index in [-0.39, 0.29) is 5.78 Å². The summed E-state index contributed by atoms with van der Waals surface area (Å²) in [7, 11) is 0. The van der Waals surface area contributed by atoms with E-state index in [9.17, 15) is 4.79 Å². The van der Waals surface area contributed by atoms with E-state index in [2.05, 4.69) is 6.58 Å². The number of hydrogen-bond donors (Lipinski definition) is 0. The lowest BCUT2D eigenvalue weighted by molar-refractivity contribution is -0.117. The van der Waals surface area contributed by atoms with Gasteiger partial charge in [-0.1, -0.05) is 13.0 Å². The summed E-state index contributed by atoms with van der Waals surface area (Å²) in [5.41, 5.74) is 0. The smallest absolute Gasteiger partial charge is 0.154 e. The van der Waals surface area contributed by atoms with Crippen LogP contribution in [0.25, 0.3) is 0 Å². The summed E-state index contributed by atoms with van der Waals surface area (Å²) in [5, 5.41) is -0.486. The lowest BCUT2D eigenvalue weighted by Gasteiger charge is -1.95. The maximum atomic E-state index is 10.5. The Morgan fingerprint density at radius 1 is 2.00 bits per heavy atom. The monoisotopic (exact) mass is 132 g/mol. The van der Waals surface area contributed by atoms with Crippen LogP contribution < -0.4 is 0 Å². The third kappa shape index (κ3) is 2.12. The molecule has 1 atom stereocenters. The van der Waals surface area contributed by atoms with Gasteiger partial charge in [0.05, 0.1) is 0 Å². The molecule has 0 aliphatic heterocycles. The molecule has 0 rings (SSSR count). The largest absolute Gasteiger partial charge is 0.298 e. The van der Waals surface area contributed by atoms with Crippen LogP contribution in [-0.2, 0) is 4.79 Å². The van der Waals surface area contributed by atoms with Crippen LogP contribution in [0.4, 0.5) is 0 Å². The molecule has 0 radical (unpaired) electrons. The Balaban J connectivity index is 3.62. The summed E-state index contributed by atoms with van der Waals surface area (Å²) in [6.07, 6.45) is 1.92. The molecule has 0 aromatic heterocycles. The van der Waals surface area contributed by atoms with E-state index in [1.165, 1.54) is 6.08 Å². The highest BCUT2D eigenvalue weighted by molar-refractivity contribution is 6.32. The molecule has 46 valence electrons. The highest BCUT2D eigenvalue weighted by Crippen LogP contribution is 1.99. The number of allylic oxidation sites excluding steroid dienone is 1. The van der Waals surface area contributed by atoms with Gasteiger partial charge in [-0.2, -0.15) is 0 Å². The Kier molecular flexibility index (Phi) is 3.53.